The van der Waals surface area contributed by atoms with E-state index in [4.69, 9.17) is 9.47 Å². The van der Waals surface area contributed by atoms with Crippen molar-refractivity contribution in [1.82, 2.24) is 4.98 Å². The summed E-state index contributed by atoms with van der Waals surface area (Å²) in [6.45, 7) is 11.1. The van der Waals surface area contributed by atoms with Crippen LogP contribution in [0.1, 0.15) is 17.8 Å². The molecule has 0 bridgehead atoms. The Bertz CT molecular complexity index is 298. The van der Waals surface area contributed by atoms with Crippen LogP contribution >= 0.6 is 11.3 Å². The molecule has 0 aliphatic heterocycles. The molecule has 0 aliphatic carbocycles. The molecule has 1 unspecified atom stereocenters. The molecule has 1 aromatic rings. The van der Waals surface area contributed by atoms with Crippen molar-refractivity contribution in [2.24, 2.45) is 0 Å². The number of hydrogen-bond acceptors (Lipinski definition) is 4. The van der Waals surface area contributed by atoms with Crippen molar-refractivity contribution in [2.45, 2.75) is 38.5 Å². The number of rotatable bonds is 8. The summed E-state index contributed by atoms with van der Waals surface area (Å²) >= 11 is 1.68. The smallest absolute Gasteiger partial charge is 0.146 e. The van der Waals surface area contributed by atoms with E-state index in [2.05, 4.69) is 31.5 Å². The lowest BCUT2D eigenvalue weighted by atomic mass is 10.2. The van der Waals surface area contributed by atoms with Gasteiger partial charge in [-0.15, -0.1) is 11.3 Å². The Labute approximate surface area is 109 Å². The standard InChI is InChI=1S/C12H23NO2SSi/c1-11(12-13-5-7-16-12)9-15-10-14-6-8-17(2,3)4/h5,7,11H,6,8-10H2,1-4H3. The van der Waals surface area contributed by atoms with E-state index < -0.39 is 8.07 Å². The Morgan fingerprint density at radius 3 is 2.71 bits per heavy atom. The second kappa shape index (κ2) is 7.26. The van der Waals surface area contributed by atoms with Gasteiger partial charge < -0.3 is 9.47 Å². The van der Waals surface area contributed by atoms with Gasteiger partial charge in [0.25, 0.3) is 0 Å². The number of hydrogen-bond donors (Lipinski definition) is 0. The van der Waals surface area contributed by atoms with E-state index in [9.17, 15) is 0 Å². The van der Waals surface area contributed by atoms with Crippen LogP contribution in [0.4, 0.5) is 0 Å². The summed E-state index contributed by atoms with van der Waals surface area (Å²) < 4.78 is 11.0. The van der Waals surface area contributed by atoms with Gasteiger partial charge in [-0.2, -0.15) is 0 Å². The molecule has 0 aromatic carbocycles. The largest absolute Gasteiger partial charge is 0.356 e. The zero-order chi connectivity index (χ0) is 12.7. The molecule has 1 aromatic heterocycles. The van der Waals surface area contributed by atoms with E-state index >= 15 is 0 Å². The van der Waals surface area contributed by atoms with Crippen molar-refractivity contribution < 1.29 is 9.47 Å². The van der Waals surface area contributed by atoms with Gasteiger partial charge in [-0.25, -0.2) is 4.98 Å². The molecule has 0 N–H and O–H groups in total. The summed E-state index contributed by atoms with van der Waals surface area (Å²) in [4.78, 5) is 4.27. The van der Waals surface area contributed by atoms with Crippen LogP contribution in [0.25, 0.3) is 0 Å². The van der Waals surface area contributed by atoms with E-state index in [0.29, 0.717) is 19.3 Å². The summed E-state index contributed by atoms with van der Waals surface area (Å²) in [5, 5.41) is 3.13. The fraction of sp³-hybridized carbons (Fsp3) is 0.750. The van der Waals surface area contributed by atoms with Crippen LogP contribution in [0.3, 0.4) is 0 Å². The summed E-state index contributed by atoms with van der Waals surface area (Å²) in [7, 11) is -0.972. The first-order valence-corrected chi connectivity index (χ1v) is 10.6. The van der Waals surface area contributed by atoms with Gasteiger partial charge in [0.05, 0.1) is 11.6 Å². The molecule has 1 rings (SSSR count). The predicted octanol–water partition coefficient (Wildman–Crippen LogP) is 3.58. The lowest BCUT2D eigenvalue weighted by Gasteiger charge is -2.15. The molecule has 0 spiro atoms. The summed E-state index contributed by atoms with van der Waals surface area (Å²) in [5.74, 6) is 0.357. The molecule has 3 nitrogen and oxygen atoms in total. The number of thiazole rings is 1. The first kappa shape index (κ1) is 14.8. The minimum atomic E-state index is -0.972. The predicted molar refractivity (Wildman–Crippen MR) is 75.5 cm³/mol. The Morgan fingerprint density at radius 2 is 2.12 bits per heavy atom. The Morgan fingerprint density at radius 1 is 1.35 bits per heavy atom. The van der Waals surface area contributed by atoms with E-state index in [-0.39, 0.29) is 0 Å². The summed E-state index contributed by atoms with van der Waals surface area (Å²) in [5.41, 5.74) is 0. The maximum Gasteiger partial charge on any atom is 0.146 e. The first-order valence-electron chi connectivity index (χ1n) is 6.04. The van der Waals surface area contributed by atoms with Crippen LogP contribution in [-0.4, -0.2) is 33.1 Å². The van der Waals surface area contributed by atoms with E-state index in [1.54, 1.807) is 11.3 Å². The highest BCUT2D eigenvalue weighted by Crippen LogP contribution is 2.17. The van der Waals surface area contributed by atoms with Crippen molar-refractivity contribution in [3.05, 3.63) is 16.6 Å². The molecule has 0 radical (unpaired) electrons. The van der Waals surface area contributed by atoms with Gasteiger partial charge in [-0.3, -0.25) is 0 Å². The maximum absolute atomic E-state index is 5.49. The third-order valence-electron chi connectivity index (χ3n) is 2.40. The summed E-state index contributed by atoms with van der Waals surface area (Å²) in [6.07, 6.45) is 1.83. The van der Waals surface area contributed by atoms with Crippen LogP contribution in [0.5, 0.6) is 0 Å². The third kappa shape index (κ3) is 6.93. The molecule has 5 heteroatoms. The van der Waals surface area contributed by atoms with Gasteiger partial charge in [0, 0.05) is 32.2 Å². The third-order valence-corrected chi connectivity index (χ3v) is 5.12. The minimum Gasteiger partial charge on any atom is -0.356 e. The van der Waals surface area contributed by atoms with Gasteiger partial charge in [-0.05, 0) is 6.04 Å². The van der Waals surface area contributed by atoms with E-state index in [1.165, 1.54) is 6.04 Å². The molecule has 0 fully saturated rings. The van der Waals surface area contributed by atoms with Crippen LogP contribution < -0.4 is 0 Å². The fourth-order valence-electron chi connectivity index (χ4n) is 1.27. The lowest BCUT2D eigenvalue weighted by molar-refractivity contribution is -0.0528. The SMILES string of the molecule is CC(COCOCC[Si](C)(C)C)c1nccs1. The summed E-state index contributed by atoms with van der Waals surface area (Å²) in [6, 6.07) is 1.19. The van der Waals surface area contributed by atoms with Gasteiger partial charge in [0.2, 0.25) is 0 Å². The minimum absolute atomic E-state index is 0.357. The van der Waals surface area contributed by atoms with Gasteiger partial charge in [-0.1, -0.05) is 26.6 Å². The van der Waals surface area contributed by atoms with E-state index in [1.807, 2.05) is 11.6 Å². The molecule has 0 saturated heterocycles. The second-order valence-electron chi connectivity index (χ2n) is 5.48. The second-order valence-corrected chi connectivity index (χ2v) is 12.0. The van der Waals surface area contributed by atoms with E-state index in [0.717, 1.165) is 11.6 Å². The average Bonchev–Trinajstić information content (AvgIpc) is 2.74. The zero-order valence-electron chi connectivity index (χ0n) is 11.2. The van der Waals surface area contributed by atoms with Crippen molar-refractivity contribution in [3.8, 4) is 0 Å². The number of aromatic nitrogens is 1. The Hall–Kier alpha value is -0.233. The van der Waals surface area contributed by atoms with Crippen molar-refractivity contribution in [1.29, 1.82) is 0 Å². The normalized spacial score (nSPS) is 13.9. The molecule has 1 atom stereocenters. The molecule has 1 heterocycles. The van der Waals surface area contributed by atoms with Crippen LogP contribution in [0, 0.1) is 0 Å². The van der Waals surface area contributed by atoms with Crippen LogP contribution in [0.2, 0.25) is 25.7 Å². The molecular formula is C12H23NO2SSi. The molecule has 0 aliphatic rings. The monoisotopic (exact) mass is 273 g/mol. The number of ether oxygens (including phenoxy) is 2. The molecule has 17 heavy (non-hydrogen) atoms. The van der Waals surface area contributed by atoms with Crippen LogP contribution in [-0.2, 0) is 9.47 Å². The van der Waals surface area contributed by atoms with Crippen molar-refractivity contribution in [2.75, 3.05) is 20.0 Å². The molecule has 98 valence electrons. The highest BCUT2D eigenvalue weighted by atomic mass is 32.1. The highest BCUT2D eigenvalue weighted by Gasteiger charge is 2.12. The van der Waals surface area contributed by atoms with Gasteiger partial charge >= 0.3 is 0 Å². The van der Waals surface area contributed by atoms with Gasteiger partial charge in [0.1, 0.15) is 6.79 Å². The lowest BCUT2D eigenvalue weighted by Crippen LogP contribution is -2.22. The van der Waals surface area contributed by atoms with Gasteiger partial charge in [0.15, 0.2) is 0 Å². The molecular weight excluding hydrogens is 250 g/mol. The van der Waals surface area contributed by atoms with Crippen LogP contribution in [0.15, 0.2) is 11.6 Å². The topological polar surface area (TPSA) is 31.4 Å². The highest BCUT2D eigenvalue weighted by molar-refractivity contribution is 7.09. The number of nitrogens with zero attached hydrogens (tertiary/aromatic N) is 1. The zero-order valence-corrected chi connectivity index (χ0v) is 13.0. The van der Waals surface area contributed by atoms with Crippen molar-refractivity contribution in [3.63, 3.8) is 0 Å². The first-order chi connectivity index (χ1) is 7.99. The Kier molecular flexibility index (Phi) is 6.33. The quantitative estimate of drug-likeness (QED) is 0.412. The fourth-order valence-corrected chi connectivity index (χ4v) is 2.71. The molecule has 0 saturated carbocycles. The maximum atomic E-state index is 5.49. The Balaban J connectivity index is 2.01. The average molecular weight is 273 g/mol. The van der Waals surface area contributed by atoms with Crippen molar-refractivity contribution >= 4 is 19.4 Å². The molecule has 0 amide bonds.